The number of hydrogen-bond donors (Lipinski definition) is 1. The van der Waals surface area contributed by atoms with E-state index in [9.17, 15) is 4.79 Å². The van der Waals surface area contributed by atoms with Crippen LogP contribution in [0.4, 0.5) is 5.69 Å². The number of carbonyl (C=O) groups excluding carboxylic acids is 1. The predicted octanol–water partition coefficient (Wildman–Crippen LogP) is 3.40. The summed E-state index contributed by atoms with van der Waals surface area (Å²) in [6, 6.07) is 11.1. The number of aromatic nitrogens is 2. The van der Waals surface area contributed by atoms with Gasteiger partial charge in [-0.1, -0.05) is 12.1 Å². The number of methoxy groups -OCH3 is 1. The van der Waals surface area contributed by atoms with Crippen LogP contribution in [-0.4, -0.2) is 22.8 Å². The van der Waals surface area contributed by atoms with Crippen LogP contribution in [0.25, 0.3) is 0 Å². The van der Waals surface area contributed by atoms with Crippen LogP contribution in [0.15, 0.2) is 47.1 Å². The molecule has 1 aromatic carbocycles. The number of aryl methyl sites for hydroxylation is 1. The Morgan fingerprint density at radius 3 is 2.83 bits per heavy atom. The lowest BCUT2D eigenvalue weighted by atomic mass is 10.2. The number of benzene rings is 1. The second-order valence-electron chi connectivity index (χ2n) is 5.49. The van der Waals surface area contributed by atoms with Gasteiger partial charge < -0.3 is 14.5 Å². The predicted molar refractivity (Wildman–Crippen MR) is 90.5 cm³/mol. The van der Waals surface area contributed by atoms with Gasteiger partial charge in [-0.25, -0.2) is 0 Å². The van der Waals surface area contributed by atoms with Gasteiger partial charge in [0.2, 0.25) is 0 Å². The average Bonchev–Trinajstić information content (AvgIpc) is 3.20. The van der Waals surface area contributed by atoms with Crippen molar-refractivity contribution in [3.8, 4) is 5.75 Å². The molecule has 3 aromatic rings. The van der Waals surface area contributed by atoms with Crippen LogP contribution < -0.4 is 10.1 Å². The summed E-state index contributed by atoms with van der Waals surface area (Å²) in [5, 5.41) is 7.39. The fraction of sp³-hybridized carbons (Fsp3) is 0.222. The molecule has 1 N–H and O–H groups in total. The number of ether oxygens (including phenoxy) is 1. The highest BCUT2D eigenvalue weighted by atomic mass is 16.5. The van der Waals surface area contributed by atoms with Crippen LogP contribution >= 0.6 is 0 Å². The van der Waals surface area contributed by atoms with Crippen molar-refractivity contribution in [2.45, 2.75) is 20.4 Å². The zero-order valence-corrected chi connectivity index (χ0v) is 13.9. The molecule has 6 heteroatoms. The Morgan fingerprint density at radius 1 is 1.29 bits per heavy atom. The maximum absolute atomic E-state index is 12.2. The van der Waals surface area contributed by atoms with E-state index in [1.54, 1.807) is 19.2 Å². The van der Waals surface area contributed by atoms with Gasteiger partial charge in [-0.05, 0) is 43.7 Å². The standard InChI is InChI=1S/C18H19N3O3/c1-12-17(19-18(22)16-8-5-9-24-16)13(2)21(20-12)11-14-6-4-7-15(10-14)23-3/h4-10H,11H2,1-3H3,(H,19,22). The van der Waals surface area contributed by atoms with E-state index in [0.717, 1.165) is 22.7 Å². The van der Waals surface area contributed by atoms with Crippen molar-refractivity contribution >= 4 is 11.6 Å². The summed E-state index contributed by atoms with van der Waals surface area (Å²) in [7, 11) is 1.64. The Morgan fingerprint density at radius 2 is 2.12 bits per heavy atom. The first kappa shape index (κ1) is 15.9. The van der Waals surface area contributed by atoms with E-state index in [2.05, 4.69) is 10.4 Å². The molecule has 0 fully saturated rings. The van der Waals surface area contributed by atoms with Gasteiger partial charge in [0.25, 0.3) is 5.91 Å². The highest BCUT2D eigenvalue weighted by molar-refractivity contribution is 6.02. The summed E-state index contributed by atoms with van der Waals surface area (Å²) >= 11 is 0. The first-order valence-corrected chi connectivity index (χ1v) is 7.60. The van der Waals surface area contributed by atoms with Crippen LogP contribution in [0.3, 0.4) is 0 Å². The van der Waals surface area contributed by atoms with Crippen molar-refractivity contribution in [2.75, 3.05) is 12.4 Å². The van der Waals surface area contributed by atoms with Gasteiger partial charge in [-0.15, -0.1) is 0 Å². The molecule has 0 atom stereocenters. The quantitative estimate of drug-likeness (QED) is 0.780. The third-order valence-corrected chi connectivity index (χ3v) is 3.83. The van der Waals surface area contributed by atoms with Crippen molar-refractivity contribution in [1.29, 1.82) is 0 Å². The first-order valence-electron chi connectivity index (χ1n) is 7.60. The molecular formula is C18H19N3O3. The van der Waals surface area contributed by atoms with Gasteiger partial charge in [0, 0.05) is 0 Å². The van der Waals surface area contributed by atoms with Gasteiger partial charge in [0.1, 0.15) is 5.75 Å². The van der Waals surface area contributed by atoms with Crippen LogP contribution in [-0.2, 0) is 6.54 Å². The Kier molecular flexibility index (Phi) is 4.37. The van der Waals surface area contributed by atoms with E-state index < -0.39 is 0 Å². The molecule has 0 radical (unpaired) electrons. The number of nitrogens with one attached hydrogen (secondary N) is 1. The molecule has 0 aliphatic heterocycles. The summed E-state index contributed by atoms with van der Waals surface area (Å²) in [4.78, 5) is 12.2. The van der Waals surface area contributed by atoms with Crippen LogP contribution in [0, 0.1) is 13.8 Å². The molecule has 0 saturated heterocycles. The van der Waals surface area contributed by atoms with Gasteiger partial charge >= 0.3 is 0 Å². The van der Waals surface area contributed by atoms with E-state index in [1.165, 1.54) is 6.26 Å². The molecule has 0 unspecified atom stereocenters. The van der Waals surface area contributed by atoms with Crippen molar-refractivity contribution in [3.63, 3.8) is 0 Å². The molecule has 24 heavy (non-hydrogen) atoms. The molecule has 0 spiro atoms. The second-order valence-corrected chi connectivity index (χ2v) is 5.49. The van der Waals surface area contributed by atoms with Crippen molar-refractivity contribution in [2.24, 2.45) is 0 Å². The Bertz CT molecular complexity index is 851. The Labute approximate surface area is 140 Å². The molecule has 2 aromatic heterocycles. The molecule has 0 bridgehead atoms. The SMILES string of the molecule is COc1cccc(Cn2nc(C)c(NC(=O)c3ccco3)c2C)c1. The van der Waals surface area contributed by atoms with Crippen LogP contribution in [0.2, 0.25) is 0 Å². The number of anilines is 1. The van der Waals surface area contributed by atoms with E-state index in [-0.39, 0.29) is 11.7 Å². The summed E-state index contributed by atoms with van der Waals surface area (Å²) in [5.74, 6) is 0.793. The number of nitrogens with zero attached hydrogens (tertiary/aromatic N) is 2. The molecule has 3 rings (SSSR count). The summed E-state index contributed by atoms with van der Waals surface area (Å²) < 4.78 is 12.2. The second kappa shape index (κ2) is 6.62. The molecule has 0 aliphatic rings. The summed E-state index contributed by atoms with van der Waals surface area (Å²) in [6.07, 6.45) is 1.47. The van der Waals surface area contributed by atoms with Gasteiger partial charge in [-0.3, -0.25) is 9.48 Å². The first-order chi connectivity index (χ1) is 11.6. The molecule has 1 amide bonds. The monoisotopic (exact) mass is 325 g/mol. The zero-order valence-electron chi connectivity index (χ0n) is 13.9. The minimum atomic E-state index is -0.285. The number of rotatable bonds is 5. The van der Waals surface area contributed by atoms with E-state index in [1.807, 2.05) is 42.8 Å². The van der Waals surface area contributed by atoms with Gasteiger partial charge in [0.15, 0.2) is 5.76 Å². The van der Waals surface area contributed by atoms with Crippen LogP contribution in [0.5, 0.6) is 5.75 Å². The average molecular weight is 325 g/mol. The minimum absolute atomic E-state index is 0.273. The van der Waals surface area contributed by atoms with E-state index >= 15 is 0 Å². The third-order valence-electron chi connectivity index (χ3n) is 3.83. The third kappa shape index (κ3) is 3.17. The number of carbonyl (C=O) groups is 1. The highest BCUT2D eigenvalue weighted by Crippen LogP contribution is 2.22. The molecule has 6 nitrogen and oxygen atoms in total. The van der Waals surface area contributed by atoms with Crippen LogP contribution in [0.1, 0.15) is 27.5 Å². The fourth-order valence-corrected chi connectivity index (χ4v) is 2.56. The maximum atomic E-state index is 12.2. The van der Waals surface area contributed by atoms with Gasteiger partial charge in [-0.2, -0.15) is 5.10 Å². The lowest BCUT2D eigenvalue weighted by molar-refractivity contribution is 0.0996. The Balaban J connectivity index is 1.82. The number of furan rings is 1. The lowest BCUT2D eigenvalue weighted by Crippen LogP contribution is -2.12. The zero-order chi connectivity index (χ0) is 17.1. The lowest BCUT2D eigenvalue weighted by Gasteiger charge is -2.08. The van der Waals surface area contributed by atoms with Crippen molar-refractivity contribution < 1.29 is 13.9 Å². The molecule has 0 saturated carbocycles. The molecule has 2 heterocycles. The molecule has 0 aliphatic carbocycles. The minimum Gasteiger partial charge on any atom is -0.497 e. The Hall–Kier alpha value is -3.02. The molecular weight excluding hydrogens is 306 g/mol. The number of amides is 1. The summed E-state index contributed by atoms with van der Waals surface area (Å²) in [5.41, 5.74) is 3.42. The van der Waals surface area contributed by atoms with E-state index in [0.29, 0.717) is 12.2 Å². The summed E-state index contributed by atoms with van der Waals surface area (Å²) in [6.45, 7) is 4.39. The fourth-order valence-electron chi connectivity index (χ4n) is 2.56. The topological polar surface area (TPSA) is 69.3 Å². The smallest absolute Gasteiger partial charge is 0.291 e. The van der Waals surface area contributed by atoms with Crippen molar-refractivity contribution in [3.05, 3.63) is 65.4 Å². The van der Waals surface area contributed by atoms with Gasteiger partial charge in [0.05, 0.1) is 37.0 Å². The normalized spacial score (nSPS) is 10.6. The van der Waals surface area contributed by atoms with E-state index in [4.69, 9.17) is 9.15 Å². The largest absolute Gasteiger partial charge is 0.497 e. The maximum Gasteiger partial charge on any atom is 0.291 e. The highest BCUT2D eigenvalue weighted by Gasteiger charge is 2.16. The molecule has 124 valence electrons. The van der Waals surface area contributed by atoms with Crippen molar-refractivity contribution in [1.82, 2.24) is 9.78 Å². The number of hydrogen-bond acceptors (Lipinski definition) is 4.